The van der Waals surface area contributed by atoms with Crippen LogP contribution >= 0.6 is 0 Å². The summed E-state index contributed by atoms with van der Waals surface area (Å²) in [6, 6.07) is 15.1. The van der Waals surface area contributed by atoms with Gasteiger partial charge in [0.2, 0.25) is 5.78 Å². The maximum atomic E-state index is 12.6. The predicted octanol–water partition coefficient (Wildman–Crippen LogP) is 4.06. The summed E-state index contributed by atoms with van der Waals surface area (Å²) in [4.78, 5) is 27.6. The Morgan fingerprint density at radius 2 is 1.81 bits per heavy atom. The first-order valence-electron chi connectivity index (χ1n) is 8.54. The summed E-state index contributed by atoms with van der Waals surface area (Å²) >= 11 is 0. The Kier molecular flexibility index (Phi) is 5.37. The average Bonchev–Trinajstić information content (AvgIpc) is 3.06. The first-order valence-corrected chi connectivity index (χ1v) is 8.54. The van der Waals surface area contributed by atoms with Gasteiger partial charge in [-0.1, -0.05) is 35.9 Å². The molecule has 0 bridgehead atoms. The lowest BCUT2D eigenvalue weighted by Gasteiger charge is -2.12. The number of ketones is 1. The zero-order valence-electron chi connectivity index (χ0n) is 14.8. The number of aromatic nitrogens is 1. The number of fused-ring (bicyclic) bond motifs is 1. The summed E-state index contributed by atoms with van der Waals surface area (Å²) in [7, 11) is 0. The van der Waals surface area contributed by atoms with Crippen molar-refractivity contribution in [1.29, 1.82) is 0 Å². The molecule has 1 atom stereocenters. The highest BCUT2D eigenvalue weighted by Crippen LogP contribution is 2.20. The van der Waals surface area contributed by atoms with Crippen LogP contribution in [0.3, 0.4) is 0 Å². The maximum Gasteiger partial charge on any atom is 0.309 e. The number of esters is 1. The Balaban J connectivity index is 1.52. The van der Waals surface area contributed by atoms with Gasteiger partial charge in [-0.3, -0.25) is 9.59 Å². The van der Waals surface area contributed by atoms with Gasteiger partial charge in [-0.15, -0.1) is 0 Å². The summed E-state index contributed by atoms with van der Waals surface area (Å²) in [5.74, 6) is 0.0133. The highest BCUT2D eigenvalue weighted by molar-refractivity contribution is 6.10. The zero-order chi connectivity index (χ0) is 18.5. The number of aryl methyl sites for hydroxylation is 1. The van der Waals surface area contributed by atoms with Crippen LogP contribution in [0.15, 0.2) is 54.7 Å². The third-order valence-corrected chi connectivity index (χ3v) is 4.13. The topological polar surface area (TPSA) is 68.4 Å². The number of benzene rings is 2. The molecule has 1 heterocycles. The van der Waals surface area contributed by atoms with Crippen molar-refractivity contribution in [1.82, 2.24) is 4.98 Å². The highest BCUT2D eigenvalue weighted by atomic mass is 16.5. The molecular weight excluding hydrogens is 330 g/mol. The number of carbonyl (C=O) groups excluding carboxylic acids is 2. The normalized spacial score (nSPS) is 11.9. The monoisotopic (exact) mass is 351 g/mol. The minimum absolute atomic E-state index is 0.0827. The van der Waals surface area contributed by atoms with Crippen molar-refractivity contribution in [3.05, 3.63) is 65.9 Å². The van der Waals surface area contributed by atoms with Crippen LogP contribution in [0.2, 0.25) is 0 Å². The lowest BCUT2D eigenvalue weighted by Crippen LogP contribution is -2.25. The Bertz CT molecular complexity index is 911. The van der Waals surface area contributed by atoms with Gasteiger partial charge in [-0.05, 0) is 32.0 Å². The van der Waals surface area contributed by atoms with Crippen LogP contribution in [0.4, 0.5) is 0 Å². The van der Waals surface area contributed by atoms with Gasteiger partial charge >= 0.3 is 5.97 Å². The second-order valence-corrected chi connectivity index (χ2v) is 6.16. The minimum atomic E-state index is -0.846. The third kappa shape index (κ3) is 4.11. The second-order valence-electron chi connectivity index (χ2n) is 6.16. The molecule has 0 saturated carbocycles. The van der Waals surface area contributed by atoms with E-state index >= 15 is 0 Å². The summed E-state index contributed by atoms with van der Waals surface area (Å²) in [6.07, 6.45) is 0.887. The molecule has 26 heavy (non-hydrogen) atoms. The van der Waals surface area contributed by atoms with Crippen molar-refractivity contribution in [2.24, 2.45) is 0 Å². The second kappa shape index (κ2) is 7.87. The number of Topliss-reactive ketones (excluding diaryl/α,β-unsaturated/α-hetero) is 1. The molecule has 0 saturated heterocycles. The van der Waals surface area contributed by atoms with E-state index in [2.05, 4.69) is 4.98 Å². The van der Waals surface area contributed by atoms with Gasteiger partial charge in [-0.25, -0.2) is 0 Å². The fourth-order valence-electron chi connectivity index (χ4n) is 2.69. The number of hydrogen-bond acceptors (Lipinski definition) is 4. The molecule has 0 aliphatic heterocycles. The van der Waals surface area contributed by atoms with E-state index in [1.165, 1.54) is 0 Å². The lowest BCUT2D eigenvalue weighted by molar-refractivity contribution is -0.146. The smallest absolute Gasteiger partial charge is 0.309 e. The van der Waals surface area contributed by atoms with Gasteiger partial charge in [0.25, 0.3) is 0 Å². The van der Waals surface area contributed by atoms with Gasteiger partial charge < -0.3 is 14.5 Å². The highest BCUT2D eigenvalue weighted by Gasteiger charge is 2.22. The molecule has 0 unspecified atom stereocenters. The number of rotatable bonds is 7. The Morgan fingerprint density at radius 3 is 2.58 bits per heavy atom. The van der Waals surface area contributed by atoms with E-state index in [1.54, 1.807) is 13.1 Å². The molecule has 5 heteroatoms. The van der Waals surface area contributed by atoms with E-state index in [0.717, 1.165) is 16.5 Å². The third-order valence-electron chi connectivity index (χ3n) is 4.13. The molecule has 0 amide bonds. The number of carbonyl (C=O) groups is 2. The number of nitrogens with one attached hydrogen (secondary N) is 1. The molecule has 0 spiro atoms. The van der Waals surface area contributed by atoms with Crippen LogP contribution in [-0.2, 0) is 9.53 Å². The van der Waals surface area contributed by atoms with Crippen molar-refractivity contribution in [3.63, 3.8) is 0 Å². The number of ether oxygens (including phenoxy) is 2. The first kappa shape index (κ1) is 17.7. The Labute approximate surface area is 151 Å². The van der Waals surface area contributed by atoms with Crippen molar-refractivity contribution < 1.29 is 19.1 Å². The SMILES string of the molecule is Cc1ccc(OCCC(=O)O[C@H](C)C(=O)c2c[nH]c3ccccc23)cc1. The van der Waals surface area contributed by atoms with Crippen molar-refractivity contribution >= 4 is 22.7 Å². The Morgan fingerprint density at radius 1 is 1.08 bits per heavy atom. The van der Waals surface area contributed by atoms with E-state index in [9.17, 15) is 9.59 Å². The number of hydrogen-bond donors (Lipinski definition) is 1. The molecule has 134 valence electrons. The van der Waals surface area contributed by atoms with Gasteiger partial charge in [0.1, 0.15) is 5.75 Å². The standard InChI is InChI=1S/C21H21NO4/c1-14-7-9-16(10-8-14)25-12-11-20(23)26-15(2)21(24)18-13-22-19-6-4-3-5-17(18)19/h3-10,13,15,22H,11-12H2,1-2H3/t15-/m1/s1. The van der Waals surface area contributed by atoms with Gasteiger partial charge in [-0.2, -0.15) is 0 Å². The zero-order valence-corrected chi connectivity index (χ0v) is 14.8. The fraction of sp³-hybridized carbons (Fsp3) is 0.238. The van der Waals surface area contributed by atoms with Gasteiger partial charge in [0.05, 0.1) is 13.0 Å². The van der Waals surface area contributed by atoms with E-state index in [0.29, 0.717) is 11.3 Å². The van der Waals surface area contributed by atoms with Crippen LogP contribution in [0.5, 0.6) is 5.75 Å². The van der Waals surface area contributed by atoms with E-state index < -0.39 is 12.1 Å². The molecular formula is C21H21NO4. The van der Waals surface area contributed by atoms with E-state index in [1.807, 2.05) is 55.5 Å². The van der Waals surface area contributed by atoms with E-state index in [-0.39, 0.29) is 18.8 Å². The van der Waals surface area contributed by atoms with Crippen LogP contribution in [-0.4, -0.2) is 29.4 Å². The van der Waals surface area contributed by atoms with Gasteiger partial charge in [0, 0.05) is 22.7 Å². The molecule has 0 radical (unpaired) electrons. The average molecular weight is 351 g/mol. The number of H-pyrrole nitrogens is 1. The summed E-state index contributed by atoms with van der Waals surface area (Å²) < 4.78 is 10.8. The number of aromatic amines is 1. The largest absolute Gasteiger partial charge is 0.493 e. The molecule has 3 rings (SSSR count). The van der Waals surface area contributed by atoms with Crippen LogP contribution < -0.4 is 4.74 Å². The number of para-hydroxylation sites is 1. The summed E-state index contributed by atoms with van der Waals surface area (Å²) in [5.41, 5.74) is 2.54. The molecule has 0 aliphatic rings. The molecule has 1 N–H and O–H groups in total. The van der Waals surface area contributed by atoms with Crippen LogP contribution in [0.25, 0.3) is 10.9 Å². The lowest BCUT2D eigenvalue weighted by atomic mass is 10.1. The Hall–Kier alpha value is -3.08. The van der Waals surface area contributed by atoms with Crippen LogP contribution in [0.1, 0.15) is 29.3 Å². The molecule has 3 aromatic rings. The first-order chi connectivity index (χ1) is 12.5. The minimum Gasteiger partial charge on any atom is -0.493 e. The molecule has 0 aliphatic carbocycles. The van der Waals surface area contributed by atoms with Gasteiger partial charge in [0.15, 0.2) is 6.10 Å². The summed E-state index contributed by atoms with van der Waals surface area (Å²) in [6.45, 7) is 3.78. The van der Waals surface area contributed by atoms with Crippen molar-refractivity contribution in [3.8, 4) is 5.75 Å². The molecule has 2 aromatic carbocycles. The van der Waals surface area contributed by atoms with Crippen LogP contribution in [0, 0.1) is 6.92 Å². The quantitative estimate of drug-likeness (QED) is 0.515. The van der Waals surface area contributed by atoms with Crippen molar-refractivity contribution in [2.75, 3.05) is 6.61 Å². The molecule has 0 fully saturated rings. The molecule has 1 aromatic heterocycles. The fourth-order valence-corrected chi connectivity index (χ4v) is 2.69. The predicted molar refractivity (Wildman–Crippen MR) is 99.5 cm³/mol. The van der Waals surface area contributed by atoms with Crippen molar-refractivity contribution in [2.45, 2.75) is 26.4 Å². The summed E-state index contributed by atoms with van der Waals surface area (Å²) in [5, 5.41) is 0.822. The van der Waals surface area contributed by atoms with E-state index in [4.69, 9.17) is 9.47 Å². The maximum absolute atomic E-state index is 12.6. The molecule has 5 nitrogen and oxygen atoms in total.